The lowest BCUT2D eigenvalue weighted by molar-refractivity contribution is 0.0692. The van der Waals surface area contributed by atoms with Crippen LogP contribution in [0.15, 0.2) is 0 Å². The molecule has 4 heteroatoms. The Morgan fingerprint density at radius 1 is 0.844 bits per heavy atom. The van der Waals surface area contributed by atoms with Crippen molar-refractivity contribution in [1.29, 1.82) is 0 Å². The highest BCUT2D eigenvalue weighted by atomic mass is 16.5. The van der Waals surface area contributed by atoms with Crippen LogP contribution in [0.4, 0.5) is 0 Å². The van der Waals surface area contributed by atoms with Crippen molar-refractivity contribution < 1.29 is 4.74 Å². The van der Waals surface area contributed by atoms with Crippen LogP contribution in [0.2, 0.25) is 0 Å². The summed E-state index contributed by atoms with van der Waals surface area (Å²) in [7, 11) is 0. The summed E-state index contributed by atoms with van der Waals surface area (Å²) in [5, 5.41) is 7.52. The summed E-state index contributed by atoms with van der Waals surface area (Å²) in [6.45, 7) is 16.7. The molecule has 0 aromatic rings. The van der Waals surface area contributed by atoms with E-state index in [4.69, 9.17) is 4.74 Å². The molecular weight excluding hydrogens is 394 g/mol. The molecule has 0 radical (unpaired) electrons. The molecule has 1 saturated heterocycles. The van der Waals surface area contributed by atoms with Gasteiger partial charge < -0.3 is 15.4 Å². The maximum absolute atomic E-state index is 5.96. The van der Waals surface area contributed by atoms with Gasteiger partial charge in [-0.2, -0.15) is 0 Å². The van der Waals surface area contributed by atoms with Gasteiger partial charge in [-0.05, 0) is 52.1 Å². The Morgan fingerprint density at radius 3 is 2.31 bits per heavy atom. The normalized spacial score (nSPS) is 19.3. The van der Waals surface area contributed by atoms with Gasteiger partial charge in [0.1, 0.15) is 0 Å². The highest BCUT2D eigenvalue weighted by molar-refractivity contribution is 4.86. The highest BCUT2D eigenvalue weighted by Gasteiger charge is 2.26. The molecule has 1 aliphatic heterocycles. The molecule has 0 saturated carbocycles. The van der Waals surface area contributed by atoms with Gasteiger partial charge in [-0.25, -0.2) is 0 Å². The fraction of sp³-hybridized carbons (Fsp3) is 1.00. The zero-order valence-corrected chi connectivity index (χ0v) is 22.5. The third-order valence-corrected chi connectivity index (χ3v) is 7.53. The minimum atomic E-state index is 0.301. The van der Waals surface area contributed by atoms with Crippen LogP contribution in [0, 0.1) is 0 Å². The number of hydrogen-bond acceptors (Lipinski definition) is 4. The molecular formula is C28H59N3O. The van der Waals surface area contributed by atoms with Crippen LogP contribution < -0.4 is 10.6 Å². The summed E-state index contributed by atoms with van der Waals surface area (Å²) in [5.74, 6) is 0. The fourth-order valence-corrected chi connectivity index (χ4v) is 4.87. The Bertz CT molecular complexity index is 406. The van der Waals surface area contributed by atoms with Gasteiger partial charge in [-0.3, -0.25) is 4.90 Å². The van der Waals surface area contributed by atoms with Crippen LogP contribution in [0.3, 0.4) is 0 Å². The molecule has 1 rings (SSSR count). The van der Waals surface area contributed by atoms with Crippen LogP contribution in [0.5, 0.6) is 0 Å². The first-order valence-electron chi connectivity index (χ1n) is 14.4. The van der Waals surface area contributed by atoms with E-state index in [1.165, 1.54) is 103 Å². The van der Waals surface area contributed by atoms with Gasteiger partial charge in [0.2, 0.25) is 0 Å². The summed E-state index contributed by atoms with van der Waals surface area (Å²) in [5.41, 5.74) is 0.301. The standard InChI is InChI=1S/C28H59N3O/c1-5-8-10-12-13-16-20-29-21-24-32-25-23-31-22-17-14-18-27(31)26-30-28(4,7-3)19-15-11-9-6-2/h27,29-30H,5-26H2,1-4H3. The van der Waals surface area contributed by atoms with Crippen molar-refractivity contribution in [2.75, 3.05) is 45.9 Å². The van der Waals surface area contributed by atoms with Crippen molar-refractivity contribution >= 4 is 0 Å². The Labute approximate surface area is 202 Å². The smallest absolute Gasteiger partial charge is 0.0594 e. The van der Waals surface area contributed by atoms with Crippen molar-refractivity contribution in [3.05, 3.63) is 0 Å². The average molecular weight is 454 g/mol. The first-order chi connectivity index (χ1) is 15.6. The summed E-state index contributed by atoms with van der Waals surface area (Å²) < 4.78 is 5.96. The van der Waals surface area contributed by atoms with Crippen molar-refractivity contribution in [1.82, 2.24) is 15.5 Å². The van der Waals surface area contributed by atoms with Crippen LogP contribution in [0.25, 0.3) is 0 Å². The number of hydrogen-bond donors (Lipinski definition) is 2. The third-order valence-electron chi connectivity index (χ3n) is 7.53. The number of likely N-dealkylation sites (tertiary alicyclic amines) is 1. The molecule has 192 valence electrons. The third kappa shape index (κ3) is 14.9. The Kier molecular flexibility index (Phi) is 18.9. The molecule has 2 N–H and O–H groups in total. The quantitative estimate of drug-likeness (QED) is 0.183. The van der Waals surface area contributed by atoms with E-state index < -0.39 is 0 Å². The topological polar surface area (TPSA) is 36.5 Å². The minimum Gasteiger partial charge on any atom is -0.379 e. The molecule has 1 fully saturated rings. The van der Waals surface area contributed by atoms with Gasteiger partial charge in [0.15, 0.2) is 0 Å². The SMILES string of the molecule is CCCCCCCCNCCOCCN1CCCCC1CNC(C)(CC)CCCCCC. The first kappa shape index (κ1) is 29.9. The lowest BCUT2D eigenvalue weighted by atomic mass is 9.90. The van der Waals surface area contributed by atoms with E-state index in [0.29, 0.717) is 11.6 Å². The first-order valence-corrected chi connectivity index (χ1v) is 14.4. The number of ether oxygens (including phenoxy) is 1. The summed E-state index contributed by atoms with van der Waals surface area (Å²) >= 11 is 0. The number of piperidine rings is 1. The second-order valence-corrected chi connectivity index (χ2v) is 10.4. The molecule has 0 bridgehead atoms. The highest BCUT2D eigenvalue weighted by Crippen LogP contribution is 2.21. The lowest BCUT2D eigenvalue weighted by Gasteiger charge is -2.39. The van der Waals surface area contributed by atoms with Gasteiger partial charge in [0, 0.05) is 31.2 Å². The molecule has 0 aliphatic carbocycles. The molecule has 32 heavy (non-hydrogen) atoms. The van der Waals surface area contributed by atoms with E-state index in [9.17, 15) is 0 Å². The van der Waals surface area contributed by atoms with Crippen LogP contribution >= 0.6 is 0 Å². The van der Waals surface area contributed by atoms with E-state index in [1.807, 2.05) is 0 Å². The Hall–Kier alpha value is -0.160. The number of rotatable bonds is 22. The second-order valence-electron chi connectivity index (χ2n) is 10.4. The van der Waals surface area contributed by atoms with Gasteiger partial charge in [0.25, 0.3) is 0 Å². The molecule has 1 heterocycles. The molecule has 0 aromatic heterocycles. The predicted octanol–water partition coefficient (Wildman–Crippen LogP) is 6.54. The maximum atomic E-state index is 5.96. The van der Waals surface area contributed by atoms with E-state index in [-0.39, 0.29) is 0 Å². The average Bonchev–Trinajstić information content (AvgIpc) is 2.82. The minimum absolute atomic E-state index is 0.301. The van der Waals surface area contributed by atoms with Crippen LogP contribution in [-0.2, 0) is 4.74 Å². The fourth-order valence-electron chi connectivity index (χ4n) is 4.87. The summed E-state index contributed by atoms with van der Waals surface area (Å²) in [6, 6.07) is 0.680. The molecule has 2 atom stereocenters. The van der Waals surface area contributed by atoms with Crippen molar-refractivity contribution in [2.24, 2.45) is 0 Å². The number of nitrogens with zero attached hydrogens (tertiary/aromatic N) is 1. The zero-order chi connectivity index (χ0) is 23.3. The number of nitrogens with one attached hydrogen (secondary N) is 2. The summed E-state index contributed by atoms with van der Waals surface area (Å²) in [6.07, 6.45) is 20.3. The molecule has 0 amide bonds. The van der Waals surface area contributed by atoms with Gasteiger partial charge >= 0.3 is 0 Å². The second kappa shape index (κ2) is 20.2. The molecule has 0 spiro atoms. The van der Waals surface area contributed by atoms with Crippen LogP contribution in [0.1, 0.15) is 124 Å². The largest absolute Gasteiger partial charge is 0.379 e. The Morgan fingerprint density at radius 2 is 1.56 bits per heavy atom. The van der Waals surface area contributed by atoms with E-state index in [2.05, 4.69) is 43.2 Å². The van der Waals surface area contributed by atoms with Gasteiger partial charge in [0.05, 0.1) is 13.2 Å². The van der Waals surface area contributed by atoms with Crippen LogP contribution in [-0.4, -0.2) is 62.4 Å². The van der Waals surface area contributed by atoms with E-state index in [0.717, 1.165) is 39.4 Å². The monoisotopic (exact) mass is 453 g/mol. The molecule has 1 aliphatic rings. The van der Waals surface area contributed by atoms with Crippen molar-refractivity contribution in [2.45, 2.75) is 136 Å². The molecule has 4 nitrogen and oxygen atoms in total. The molecule has 0 aromatic carbocycles. The van der Waals surface area contributed by atoms with Crippen molar-refractivity contribution in [3.63, 3.8) is 0 Å². The maximum Gasteiger partial charge on any atom is 0.0594 e. The zero-order valence-electron chi connectivity index (χ0n) is 22.5. The van der Waals surface area contributed by atoms with Crippen molar-refractivity contribution in [3.8, 4) is 0 Å². The van der Waals surface area contributed by atoms with Gasteiger partial charge in [-0.1, -0.05) is 85.0 Å². The summed E-state index contributed by atoms with van der Waals surface area (Å²) in [4.78, 5) is 2.69. The van der Waals surface area contributed by atoms with E-state index in [1.54, 1.807) is 0 Å². The Balaban J connectivity index is 2.13. The number of unbranched alkanes of at least 4 members (excludes halogenated alkanes) is 8. The van der Waals surface area contributed by atoms with E-state index >= 15 is 0 Å². The lowest BCUT2D eigenvalue weighted by Crippen LogP contribution is -2.52. The predicted molar refractivity (Wildman–Crippen MR) is 142 cm³/mol. The van der Waals surface area contributed by atoms with Gasteiger partial charge in [-0.15, -0.1) is 0 Å². The molecule has 2 unspecified atom stereocenters.